The molecule has 2 bridgehead atoms. The lowest BCUT2D eigenvalue weighted by molar-refractivity contribution is -0.276. The Labute approximate surface area is 240 Å². The number of nitrogens with zero attached hydrogens (tertiary/aromatic N) is 1. The van der Waals surface area contributed by atoms with Gasteiger partial charge in [0.1, 0.15) is 6.04 Å². The SMILES string of the molecule is CC12CC3CC4(C)CC(NCc5cccc(CSc6cccc7c6CN(C6CCC(=O)NC6=O)C7=O)c5)(C1)C34C2. The highest BCUT2D eigenvalue weighted by molar-refractivity contribution is 7.98. The van der Waals surface area contributed by atoms with Gasteiger partial charge in [-0.05, 0) is 89.5 Å². The van der Waals surface area contributed by atoms with Crippen LogP contribution in [-0.4, -0.2) is 34.2 Å². The fourth-order valence-corrected chi connectivity index (χ4v) is 11.6. The maximum Gasteiger partial charge on any atom is 0.255 e. The second-order valence-electron chi connectivity index (χ2n) is 14.2. The van der Waals surface area contributed by atoms with Crippen molar-refractivity contribution in [1.29, 1.82) is 0 Å². The first-order chi connectivity index (χ1) is 19.1. The number of piperidine rings is 1. The van der Waals surface area contributed by atoms with Crippen LogP contribution in [0.25, 0.3) is 0 Å². The number of nitrogens with one attached hydrogen (secondary N) is 2. The van der Waals surface area contributed by atoms with Crippen molar-refractivity contribution >= 4 is 29.5 Å². The molecule has 2 aromatic rings. The summed E-state index contributed by atoms with van der Waals surface area (Å²) in [5, 5.41) is 6.51. The molecule has 0 radical (unpaired) electrons. The number of carbonyl (C=O) groups is 3. The van der Waals surface area contributed by atoms with Crippen molar-refractivity contribution in [2.45, 2.75) is 94.1 Å². The van der Waals surface area contributed by atoms with Gasteiger partial charge in [-0.1, -0.05) is 44.2 Å². The summed E-state index contributed by atoms with van der Waals surface area (Å²) in [6.45, 7) is 6.43. The summed E-state index contributed by atoms with van der Waals surface area (Å²) >= 11 is 1.75. The Balaban J connectivity index is 0.944. The summed E-state index contributed by atoms with van der Waals surface area (Å²) in [6, 6.07) is 14.2. The first-order valence-electron chi connectivity index (χ1n) is 14.9. The highest BCUT2D eigenvalue weighted by Gasteiger charge is 2.87. The molecule has 8 rings (SSSR count). The van der Waals surface area contributed by atoms with Crippen LogP contribution in [0.5, 0.6) is 0 Å². The number of amides is 3. The summed E-state index contributed by atoms with van der Waals surface area (Å²) in [7, 11) is 0. The molecule has 208 valence electrons. The van der Waals surface area contributed by atoms with Crippen molar-refractivity contribution in [3.8, 4) is 0 Å². The van der Waals surface area contributed by atoms with Gasteiger partial charge in [0.05, 0.1) is 0 Å². The maximum absolute atomic E-state index is 13.2. The van der Waals surface area contributed by atoms with Crippen molar-refractivity contribution in [2.24, 2.45) is 22.2 Å². The molecule has 6 atom stereocenters. The lowest BCUT2D eigenvalue weighted by atomic mass is 9.28. The van der Waals surface area contributed by atoms with Crippen LogP contribution in [0.3, 0.4) is 0 Å². The zero-order chi connectivity index (χ0) is 27.5. The summed E-state index contributed by atoms with van der Waals surface area (Å²) in [5.74, 6) is 1.01. The Morgan fingerprint density at radius 1 is 1.02 bits per heavy atom. The van der Waals surface area contributed by atoms with E-state index in [-0.39, 0.29) is 24.1 Å². The molecule has 3 amide bonds. The van der Waals surface area contributed by atoms with Crippen LogP contribution >= 0.6 is 11.8 Å². The maximum atomic E-state index is 13.2. The molecule has 40 heavy (non-hydrogen) atoms. The number of hydrogen-bond donors (Lipinski definition) is 2. The molecule has 2 heterocycles. The zero-order valence-corrected chi connectivity index (χ0v) is 24.2. The second-order valence-corrected chi connectivity index (χ2v) is 15.2. The van der Waals surface area contributed by atoms with Gasteiger partial charge in [0, 0.05) is 41.3 Å². The minimum Gasteiger partial charge on any atom is -0.322 e. The monoisotopic (exact) mass is 555 g/mol. The molecule has 4 aliphatic carbocycles. The molecular formula is C33H37N3O3S. The summed E-state index contributed by atoms with van der Waals surface area (Å²) in [4.78, 5) is 39.9. The average Bonchev–Trinajstić information content (AvgIpc) is 3.49. The van der Waals surface area contributed by atoms with Gasteiger partial charge in [-0.25, -0.2) is 0 Å². The van der Waals surface area contributed by atoms with Gasteiger partial charge in [-0.15, -0.1) is 11.8 Å². The minimum atomic E-state index is -0.583. The van der Waals surface area contributed by atoms with Gasteiger partial charge >= 0.3 is 0 Å². The number of imide groups is 1. The van der Waals surface area contributed by atoms with E-state index in [1.54, 1.807) is 16.7 Å². The minimum absolute atomic E-state index is 0.117. The van der Waals surface area contributed by atoms with E-state index in [0.29, 0.717) is 40.3 Å². The molecule has 2 aromatic carbocycles. The van der Waals surface area contributed by atoms with E-state index in [0.717, 1.165) is 28.7 Å². The van der Waals surface area contributed by atoms with Crippen LogP contribution in [0.15, 0.2) is 47.4 Å². The van der Waals surface area contributed by atoms with E-state index in [1.165, 1.54) is 43.2 Å². The molecule has 5 fully saturated rings. The predicted octanol–water partition coefficient (Wildman–Crippen LogP) is 5.19. The smallest absolute Gasteiger partial charge is 0.255 e. The molecule has 2 N–H and O–H groups in total. The second kappa shape index (κ2) is 8.22. The molecule has 6 aliphatic rings. The normalized spacial score (nSPS) is 38.5. The lowest BCUT2D eigenvalue weighted by Crippen LogP contribution is -2.80. The van der Waals surface area contributed by atoms with E-state index in [2.05, 4.69) is 54.8 Å². The Hall–Kier alpha value is -2.64. The first-order valence-corrected chi connectivity index (χ1v) is 15.9. The first kappa shape index (κ1) is 25.1. The highest BCUT2D eigenvalue weighted by atomic mass is 32.2. The Kier molecular flexibility index (Phi) is 5.16. The topological polar surface area (TPSA) is 78.5 Å². The number of carbonyl (C=O) groups excluding carboxylic acids is 3. The molecule has 7 heteroatoms. The molecular weight excluding hydrogens is 518 g/mol. The van der Waals surface area contributed by atoms with Crippen LogP contribution < -0.4 is 10.6 Å². The van der Waals surface area contributed by atoms with E-state index in [4.69, 9.17) is 0 Å². The van der Waals surface area contributed by atoms with Gasteiger partial charge in [0.15, 0.2) is 0 Å². The Morgan fingerprint density at radius 3 is 2.65 bits per heavy atom. The van der Waals surface area contributed by atoms with Gasteiger partial charge in [0.2, 0.25) is 11.8 Å². The zero-order valence-electron chi connectivity index (χ0n) is 23.3. The summed E-state index contributed by atoms with van der Waals surface area (Å²) in [5.41, 5.74) is 6.29. The molecule has 1 spiro atoms. The quantitative estimate of drug-likeness (QED) is 0.363. The van der Waals surface area contributed by atoms with Gasteiger partial charge in [-0.3, -0.25) is 19.7 Å². The van der Waals surface area contributed by atoms with E-state index >= 15 is 0 Å². The van der Waals surface area contributed by atoms with Gasteiger partial charge in [-0.2, -0.15) is 0 Å². The third-order valence-corrected chi connectivity index (χ3v) is 12.9. The largest absolute Gasteiger partial charge is 0.322 e. The lowest BCUT2D eigenvalue weighted by Gasteiger charge is -2.79. The van der Waals surface area contributed by atoms with Crippen molar-refractivity contribution < 1.29 is 14.4 Å². The van der Waals surface area contributed by atoms with Crippen LogP contribution in [0.2, 0.25) is 0 Å². The highest BCUT2D eigenvalue weighted by Crippen LogP contribution is 2.90. The standard InChI is InChI=1S/C33H37N3O3S/c1-30-12-22-13-31(2)19-32(17-30,33(22,31)18-30)34-14-20-5-3-6-21(11-20)16-40-26-8-4-7-23-24(26)15-36(29(23)39)25-9-10-27(37)35-28(25)38/h3-8,11,22,25,34H,9-10,12-19H2,1-2H3,(H,35,37,38). The number of thioether (sulfide) groups is 1. The van der Waals surface area contributed by atoms with Crippen molar-refractivity contribution in [2.75, 3.05) is 0 Å². The van der Waals surface area contributed by atoms with Gasteiger partial charge in [0.25, 0.3) is 5.91 Å². The predicted molar refractivity (Wildman–Crippen MR) is 153 cm³/mol. The molecule has 0 aromatic heterocycles. The summed E-state index contributed by atoms with van der Waals surface area (Å²) < 4.78 is 0. The fourth-order valence-electron chi connectivity index (χ4n) is 10.6. The number of fused-ring (bicyclic) bond motifs is 2. The van der Waals surface area contributed by atoms with E-state index in [1.807, 2.05) is 12.1 Å². The Bertz CT molecular complexity index is 1490. The van der Waals surface area contributed by atoms with Crippen molar-refractivity contribution in [3.05, 3.63) is 64.7 Å². The van der Waals surface area contributed by atoms with E-state index < -0.39 is 6.04 Å². The number of hydrogen-bond acceptors (Lipinski definition) is 5. The molecule has 1 saturated heterocycles. The number of rotatable bonds is 7. The van der Waals surface area contributed by atoms with Crippen LogP contribution in [0, 0.1) is 22.2 Å². The molecule has 4 saturated carbocycles. The average molecular weight is 556 g/mol. The third-order valence-electron chi connectivity index (χ3n) is 11.7. The fraction of sp³-hybridized carbons (Fsp3) is 0.545. The van der Waals surface area contributed by atoms with Crippen molar-refractivity contribution in [1.82, 2.24) is 15.5 Å². The van der Waals surface area contributed by atoms with Gasteiger partial charge < -0.3 is 10.2 Å². The third kappa shape index (κ3) is 3.25. The van der Waals surface area contributed by atoms with Crippen molar-refractivity contribution in [3.63, 3.8) is 0 Å². The molecule has 2 aliphatic heterocycles. The molecule has 6 nitrogen and oxygen atoms in total. The molecule has 6 unspecified atom stereocenters. The Morgan fingerprint density at radius 2 is 1.85 bits per heavy atom. The number of benzene rings is 2. The van der Waals surface area contributed by atoms with Crippen LogP contribution in [0.4, 0.5) is 0 Å². The van der Waals surface area contributed by atoms with E-state index in [9.17, 15) is 14.4 Å². The summed E-state index contributed by atoms with van der Waals surface area (Å²) in [6.07, 6.45) is 7.65. The van der Waals surface area contributed by atoms with Crippen LogP contribution in [-0.2, 0) is 28.4 Å². The van der Waals surface area contributed by atoms with Crippen LogP contribution in [0.1, 0.15) is 85.8 Å².